The summed E-state index contributed by atoms with van der Waals surface area (Å²) in [6, 6.07) is 0. The first-order valence-electron chi connectivity index (χ1n) is 4.45. The lowest BCUT2D eigenvalue weighted by Gasteiger charge is -2.16. The normalized spacial score (nSPS) is 32.5. The van der Waals surface area contributed by atoms with Gasteiger partial charge in [-0.3, -0.25) is 0 Å². The third kappa shape index (κ3) is 2.21. The summed E-state index contributed by atoms with van der Waals surface area (Å²) < 4.78 is 5.58. The van der Waals surface area contributed by atoms with Crippen LogP contribution < -0.4 is 0 Å². The lowest BCUT2D eigenvalue weighted by molar-refractivity contribution is -0.109. The van der Waals surface area contributed by atoms with E-state index in [4.69, 9.17) is 4.74 Å². The Morgan fingerprint density at radius 2 is 2.31 bits per heavy atom. The summed E-state index contributed by atoms with van der Waals surface area (Å²) in [5, 5.41) is 0. The van der Waals surface area contributed by atoms with Gasteiger partial charge in [0.25, 0.3) is 0 Å². The third-order valence-corrected chi connectivity index (χ3v) is 3.07. The number of halogens is 1. The first kappa shape index (κ1) is 9.00. The lowest BCUT2D eigenvalue weighted by Crippen LogP contribution is -2.15. The first-order valence-corrected chi connectivity index (χ1v) is 5.37. The minimum Gasteiger partial charge on any atom is -0.491 e. The smallest absolute Gasteiger partial charge is 0.128 e. The van der Waals surface area contributed by atoms with Gasteiger partial charge in [-0.2, -0.15) is 0 Å². The van der Waals surface area contributed by atoms with Crippen LogP contribution in [0.5, 0.6) is 0 Å². The van der Waals surface area contributed by atoms with E-state index in [2.05, 4.69) is 15.9 Å². The molecule has 0 saturated heterocycles. The fourth-order valence-corrected chi connectivity index (χ4v) is 1.65. The molecule has 13 heavy (non-hydrogen) atoms. The fourth-order valence-electron chi connectivity index (χ4n) is 1.22. The van der Waals surface area contributed by atoms with Gasteiger partial charge in [-0.15, -0.1) is 0 Å². The Hall–Kier alpha value is -0.570. The van der Waals surface area contributed by atoms with E-state index in [9.17, 15) is 4.79 Å². The average Bonchev–Trinajstić information content (AvgIpc) is 2.92. The summed E-state index contributed by atoms with van der Waals surface area (Å²) in [4.78, 5) is 10.8. The molecule has 0 aromatic rings. The molecule has 0 N–H and O–H groups in total. The minimum atomic E-state index is -0.0845. The standard InChI is InChI=1S/C10H11BrO2/c11-10-4-3-9(5-7(10)6-12)13-8-1-2-8/h3-8,10H,1-2H2. The zero-order chi connectivity index (χ0) is 9.26. The predicted molar refractivity (Wildman–Crippen MR) is 53.6 cm³/mol. The van der Waals surface area contributed by atoms with E-state index in [1.165, 1.54) is 0 Å². The van der Waals surface area contributed by atoms with Crippen molar-refractivity contribution >= 4 is 22.2 Å². The summed E-state index contributed by atoms with van der Waals surface area (Å²) in [6.45, 7) is 0. The lowest BCUT2D eigenvalue weighted by atomic mass is 10.0. The van der Waals surface area contributed by atoms with E-state index >= 15 is 0 Å². The largest absolute Gasteiger partial charge is 0.491 e. The zero-order valence-corrected chi connectivity index (χ0v) is 8.74. The van der Waals surface area contributed by atoms with Gasteiger partial charge in [0.1, 0.15) is 12.0 Å². The van der Waals surface area contributed by atoms with Crippen LogP contribution in [0.3, 0.4) is 0 Å². The maximum absolute atomic E-state index is 10.7. The fraction of sp³-hybridized carbons (Fsp3) is 0.500. The second-order valence-corrected chi connectivity index (χ2v) is 4.46. The maximum atomic E-state index is 10.7. The highest BCUT2D eigenvalue weighted by Gasteiger charge is 2.26. The molecule has 0 aromatic heterocycles. The molecular weight excluding hydrogens is 232 g/mol. The predicted octanol–water partition coefficient (Wildman–Crippen LogP) is 2.20. The number of ether oxygens (including phenoxy) is 1. The SMILES string of the molecule is O=CC1C=C(OC2CC2)C=CC1Br. The molecular formula is C10H11BrO2. The summed E-state index contributed by atoms with van der Waals surface area (Å²) >= 11 is 3.41. The van der Waals surface area contributed by atoms with E-state index in [0.717, 1.165) is 24.9 Å². The molecule has 2 rings (SSSR count). The topological polar surface area (TPSA) is 26.3 Å². The van der Waals surface area contributed by atoms with Crippen molar-refractivity contribution in [2.24, 2.45) is 5.92 Å². The molecule has 2 aliphatic carbocycles. The van der Waals surface area contributed by atoms with Crippen LogP contribution in [0.15, 0.2) is 24.0 Å². The van der Waals surface area contributed by atoms with Crippen LogP contribution in [-0.2, 0) is 9.53 Å². The molecule has 1 saturated carbocycles. The molecule has 0 heterocycles. The maximum Gasteiger partial charge on any atom is 0.128 e. The van der Waals surface area contributed by atoms with Gasteiger partial charge in [-0.05, 0) is 25.0 Å². The number of hydrogen-bond acceptors (Lipinski definition) is 2. The Kier molecular flexibility index (Phi) is 2.54. The molecule has 1 fully saturated rings. The van der Waals surface area contributed by atoms with E-state index < -0.39 is 0 Å². The summed E-state index contributed by atoms with van der Waals surface area (Å²) in [5.41, 5.74) is 0. The van der Waals surface area contributed by atoms with E-state index in [-0.39, 0.29) is 10.7 Å². The Bertz CT molecular complexity index is 266. The van der Waals surface area contributed by atoms with Crippen molar-refractivity contribution in [3.05, 3.63) is 24.0 Å². The van der Waals surface area contributed by atoms with Gasteiger partial charge in [0, 0.05) is 4.83 Å². The molecule has 2 nitrogen and oxygen atoms in total. The molecule has 2 aliphatic rings. The van der Waals surface area contributed by atoms with E-state index in [1.807, 2.05) is 18.2 Å². The van der Waals surface area contributed by atoms with Crippen molar-refractivity contribution in [3.8, 4) is 0 Å². The van der Waals surface area contributed by atoms with Crippen molar-refractivity contribution in [3.63, 3.8) is 0 Å². The van der Waals surface area contributed by atoms with Crippen molar-refractivity contribution in [1.29, 1.82) is 0 Å². The number of carbonyl (C=O) groups excluding carboxylic acids is 1. The van der Waals surface area contributed by atoms with Crippen LogP contribution in [0.25, 0.3) is 0 Å². The molecule has 2 unspecified atom stereocenters. The Labute approximate surface area is 85.8 Å². The molecule has 0 radical (unpaired) electrons. The molecule has 3 heteroatoms. The van der Waals surface area contributed by atoms with Crippen molar-refractivity contribution < 1.29 is 9.53 Å². The Morgan fingerprint density at radius 1 is 1.54 bits per heavy atom. The van der Waals surface area contributed by atoms with Crippen LogP contribution >= 0.6 is 15.9 Å². The van der Waals surface area contributed by atoms with Crippen LogP contribution in [0.2, 0.25) is 0 Å². The summed E-state index contributed by atoms with van der Waals surface area (Å²) in [7, 11) is 0. The highest BCUT2D eigenvalue weighted by molar-refractivity contribution is 9.09. The molecule has 0 aromatic carbocycles. The van der Waals surface area contributed by atoms with Gasteiger partial charge >= 0.3 is 0 Å². The number of allylic oxidation sites excluding steroid dienone is 3. The molecule has 0 amide bonds. The summed E-state index contributed by atoms with van der Waals surface area (Å²) in [5.74, 6) is 0.758. The number of hydrogen-bond donors (Lipinski definition) is 0. The number of aldehydes is 1. The van der Waals surface area contributed by atoms with Crippen molar-refractivity contribution in [2.45, 2.75) is 23.8 Å². The Morgan fingerprint density at radius 3 is 2.92 bits per heavy atom. The summed E-state index contributed by atoms with van der Waals surface area (Å²) in [6.07, 6.45) is 9.40. The molecule has 0 aliphatic heterocycles. The first-order chi connectivity index (χ1) is 6.29. The second kappa shape index (κ2) is 3.66. The minimum absolute atomic E-state index is 0.0845. The van der Waals surface area contributed by atoms with Crippen LogP contribution in [0.1, 0.15) is 12.8 Å². The molecule has 2 atom stereocenters. The second-order valence-electron chi connectivity index (χ2n) is 3.40. The monoisotopic (exact) mass is 242 g/mol. The number of alkyl halides is 1. The van der Waals surface area contributed by atoms with Gasteiger partial charge in [-0.1, -0.05) is 22.0 Å². The van der Waals surface area contributed by atoms with Gasteiger partial charge in [0.15, 0.2) is 0 Å². The third-order valence-electron chi connectivity index (χ3n) is 2.15. The van der Waals surface area contributed by atoms with Crippen LogP contribution in [0.4, 0.5) is 0 Å². The van der Waals surface area contributed by atoms with E-state index in [0.29, 0.717) is 6.10 Å². The van der Waals surface area contributed by atoms with E-state index in [1.54, 1.807) is 0 Å². The zero-order valence-electron chi connectivity index (χ0n) is 7.15. The van der Waals surface area contributed by atoms with Gasteiger partial charge in [0.2, 0.25) is 0 Å². The van der Waals surface area contributed by atoms with Gasteiger partial charge in [-0.25, -0.2) is 0 Å². The number of rotatable bonds is 3. The Balaban J connectivity index is 2.01. The van der Waals surface area contributed by atoms with Crippen molar-refractivity contribution in [2.75, 3.05) is 0 Å². The van der Waals surface area contributed by atoms with Crippen molar-refractivity contribution in [1.82, 2.24) is 0 Å². The molecule has 70 valence electrons. The highest BCUT2D eigenvalue weighted by Crippen LogP contribution is 2.30. The number of carbonyl (C=O) groups is 1. The molecule has 0 bridgehead atoms. The van der Waals surface area contributed by atoms with Crippen LogP contribution in [0, 0.1) is 5.92 Å². The average molecular weight is 243 g/mol. The van der Waals surface area contributed by atoms with Gasteiger partial charge < -0.3 is 9.53 Å². The molecule has 0 spiro atoms. The highest BCUT2D eigenvalue weighted by atomic mass is 79.9. The quantitative estimate of drug-likeness (QED) is 0.561. The van der Waals surface area contributed by atoms with Crippen LogP contribution in [-0.4, -0.2) is 17.2 Å². The van der Waals surface area contributed by atoms with Gasteiger partial charge in [0.05, 0.1) is 12.0 Å².